The molecule has 4 rings (SSSR count). The van der Waals surface area contributed by atoms with Gasteiger partial charge in [0.1, 0.15) is 10.7 Å². The van der Waals surface area contributed by atoms with Crippen molar-refractivity contribution in [3.8, 4) is 11.3 Å². The number of amides is 1. The van der Waals surface area contributed by atoms with E-state index in [1.54, 1.807) is 19.1 Å². The summed E-state index contributed by atoms with van der Waals surface area (Å²) in [5.74, 6) is -1.58. The van der Waals surface area contributed by atoms with Crippen LogP contribution in [0.5, 0.6) is 0 Å². The monoisotopic (exact) mass is 525 g/mol. The number of carbonyl (C=O) groups is 2. The summed E-state index contributed by atoms with van der Waals surface area (Å²) in [5, 5.41) is 2.88. The highest BCUT2D eigenvalue weighted by atomic mass is 32.2. The maximum atomic E-state index is 13.1. The largest absolute Gasteiger partial charge is 0.462 e. The van der Waals surface area contributed by atoms with Gasteiger partial charge in [-0.15, -0.1) is 0 Å². The topological polar surface area (TPSA) is 114 Å². The van der Waals surface area contributed by atoms with E-state index in [4.69, 9.17) is 4.74 Å². The average molecular weight is 526 g/mol. The Morgan fingerprint density at radius 1 is 0.972 bits per heavy atom. The minimum absolute atomic E-state index is 0.0962. The first-order valence-electron chi connectivity index (χ1n) is 10.7. The van der Waals surface area contributed by atoms with Crippen LogP contribution in [0.4, 0.5) is 15.2 Å². The molecule has 0 aliphatic carbocycles. The predicted octanol–water partition coefficient (Wildman–Crippen LogP) is 5.18. The summed E-state index contributed by atoms with van der Waals surface area (Å²) in [7, 11) is -3.92. The van der Waals surface area contributed by atoms with Gasteiger partial charge in [-0.25, -0.2) is 22.6 Å². The van der Waals surface area contributed by atoms with E-state index >= 15 is 0 Å². The highest BCUT2D eigenvalue weighted by Gasteiger charge is 2.22. The van der Waals surface area contributed by atoms with E-state index in [1.807, 2.05) is 18.2 Å². The van der Waals surface area contributed by atoms with Gasteiger partial charge in [0.25, 0.3) is 15.9 Å². The molecule has 0 fully saturated rings. The van der Waals surface area contributed by atoms with Gasteiger partial charge in [0.2, 0.25) is 0 Å². The first-order chi connectivity index (χ1) is 17.3. The Morgan fingerprint density at radius 2 is 1.64 bits per heavy atom. The molecule has 8 nitrogen and oxygen atoms in total. The molecule has 0 unspecified atom stereocenters. The van der Waals surface area contributed by atoms with E-state index in [0.29, 0.717) is 11.3 Å². The molecule has 11 heteroatoms. The summed E-state index contributed by atoms with van der Waals surface area (Å²) in [6.07, 6.45) is 0. The number of nitrogens with zero attached hydrogens (tertiary/aromatic N) is 1. The number of nitrogens with one attached hydrogen (secondary N) is 2. The Labute approximate surface area is 210 Å². The third-order valence-corrected chi connectivity index (χ3v) is 7.23. The molecule has 0 saturated heterocycles. The molecule has 0 aliphatic rings. The molecule has 3 aromatic carbocycles. The number of halogens is 1. The number of hydrogen-bond acceptors (Lipinski definition) is 7. The second-order valence-corrected chi connectivity index (χ2v) is 10.1. The summed E-state index contributed by atoms with van der Waals surface area (Å²) in [6, 6.07) is 19.2. The first-order valence-corrected chi connectivity index (χ1v) is 13.0. The van der Waals surface area contributed by atoms with Crippen LogP contribution in [0.2, 0.25) is 0 Å². The lowest BCUT2D eigenvalue weighted by Gasteiger charge is -2.09. The summed E-state index contributed by atoms with van der Waals surface area (Å²) in [5.41, 5.74) is 1.57. The van der Waals surface area contributed by atoms with E-state index in [0.717, 1.165) is 35.6 Å². The predicted molar refractivity (Wildman–Crippen MR) is 135 cm³/mol. The van der Waals surface area contributed by atoms with Crippen molar-refractivity contribution >= 4 is 44.1 Å². The van der Waals surface area contributed by atoms with Crippen LogP contribution in [0.1, 0.15) is 27.0 Å². The van der Waals surface area contributed by atoms with Crippen LogP contribution in [-0.2, 0) is 14.8 Å². The summed E-state index contributed by atoms with van der Waals surface area (Å²) < 4.78 is 45.5. The van der Waals surface area contributed by atoms with E-state index < -0.39 is 27.7 Å². The van der Waals surface area contributed by atoms with Crippen molar-refractivity contribution in [3.05, 3.63) is 95.1 Å². The number of benzene rings is 3. The molecule has 1 amide bonds. The Balaban J connectivity index is 1.50. The second-order valence-electron chi connectivity index (χ2n) is 7.37. The number of thiazole rings is 1. The minimum Gasteiger partial charge on any atom is -0.462 e. The highest BCUT2D eigenvalue weighted by Crippen LogP contribution is 2.32. The SMILES string of the molecule is CCOC(=O)c1sc(NC(=O)c2ccc(NS(=O)(=O)c3ccc(F)cc3)cc2)nc1-c1ccccc1. The van der Waals surface area contributed by atoms with E-state index in [9.17, 15) is 22.4 Å². The van der Waals surface area contributed by atoms with Crippen LogP contribution in [0, 0.1) is 5.82 Å². The number of sulfonamides is 1. The second kappa shape index (κ2) is 10.7. The van der Waals surface area contributed by atoms with Gasteiger partial charge in [-0.2, -0.15) is 0 Å². The first kappa shape index (κ1) is 25.0. The zero-order chi connectivity index (χ0) is 25.7. The molecule has 0 aliphatic heterocycles. The number of carbonyl (C=O) groups excluding carboxylic acids is 2. The molecule has 1 heterocycles. The molecular formula is C25H20FN3O5S2. The van der Waals surface area contributed by atoms with Gasteiger partial charge >= 0.3 is 5.97 Å². The van der Waals surface area contributed by atoms with Crippen molar-refractivity contribution in [3.63, 3.8) is 0 Å². The van der Waals surface area contributed by atoms with Gasteiger partial charge < -0.3 is 4.74 Å². The quantitative estimate of drug-likeness (QED) is 0.307. The van der Waals surface area contributed by atoms with Crippen LogP contribution >= 0.6 is 11.3 Å². The number of aromatic nitrogens is 1. The number of rotatable bonds is 8. The van der Waals surface area contributed by atoms with Crippen molar-refractivity contribution < 1.29 is 27.1 Å². The van der Waals surface area contributed by atoms with Crippen molar-refractivity contribution in [1.82, 2.24) is 4.98 Å². The van der Waals surface area contributed by atoms with Crippen LogP contribution < -0.4 is 10.0 Å². The molecule has 184 valence electrons. The van der Waals surface area contributed by atoms with Gasteiger partial charge in [-0.1, -0.05) is 41.7 Å². The molecule has 36 heavy (non-hydrogen) atoms. The summed E-state index contributed by atoms with van der Waals surface area (Å²) >= 11 is 0.999. The van der Waals surface area contributed by atoms with Crippen LogP contribution in [0.3, 0.4) is 0 Å². The fraction of sp³-hybridized carbons (Fsp3) is 0.0800. The van der Waals surface area contributed by atoms with E-state index in [-0.39, 0.29) is 32.8 Å². The number of anilines is 2. The molecule has 0 saturated carbocycles. The molecule has 0 atom stereocenters. The third kappa shape index (κ3) is 5.75. The standard InChI is InChI=1S/C25H20FN3O5S2/c1-2-34-24(31)22-21(16-6-4-3-5-7-16)27-25(35-22)28-23(30)17-8-12-19(13-9-17)29-36(32,33)20-14-10-18(26)11-15-20/h3-15,29H,2H2,1H3,(H,27,28,30). The molecule has 0 bridgehead atoms. The maximum Gasteiger partial charge on any atom is 0.350 e. The van der Waals surface area contributed by atoms with Crippen molar-refractivity contribution in [2.24, 2.45) is 0 Å². The van der Waals surface area contributed by atoms with E-state index in [2.05, 4.69) is 15.0 Å². The number of esters is 1. The maximum absolute atomic E-state index is 13.1. The molecule has 0 radical (unpaired) electrons. The number of hydrogen-bond donors (Lipinski definition) is 2. The Hall–Kier alpha value is -4.09. The molecule has 2 N–H and O–H groups in total. The van der Waals surface area contributed by atoms with Crippen LogP contribution in [0.15, 0.2) is 83.8 Å². The van der Waals surface area contributed by atoms with Gasteiger partial charge in [0.05, 0.1) is 17.2 Å². The minimum atomic E-state index is -3.92. The lowest BCUT2D eigenvalue weighted by molar-refractivity contribution is 0.0532. The summed E-state index contributed by atoms with van der Waals surface area (Å²) in [6.45, 7) is 1.90. The fourth-order valence-electron chi connectivity index (χ4n) is 3.19. The van der Waals surface area contributed by atoms with Crippen molar-refractivity contribution in [2.45, 2.75) is 11.8 Å². The normalized spacial score (nSPS) is 11.1. The Kier molecular flexibility index (Phi) is 7.41. The molecule has 0 spiro atoms. The van der Waals surface area contributed by atoms with Gasteiger partial charge in [-0.3, -0.25) is 14.8 Å². The van der Waals surface area contributed by atoms with Crippen molar-refractivity contribution in [2.75, 3.05) is 16.6 Å². The highest BCUT2D eigenvalue weighted by molar-refractivity contribution is 7.92. The van der Waals surface area contributed by atoms with Gasteiger partial charge in [0, 0.05) is 16.8 Å². The van der Waals surface area contributed by atoms with Crippen LogP contribution in [-0.4, -0.2) is 31.9 Å². The third-order valence-electron chi connectivity index (χ3n) is 4.88. The molecule has 4 aromatic rings. The van der Waals surface area contributed by atoms with Crippen LogP contribution in [0.25, 0.3) is 11.3 Å². The molecule has 1 aromatic heterocycles. The lowest BCUT2D eigenvalue weighted by Crippen LogP contribution is -2.14. The fourth-order valence-corrected chi connectivity index (χ4v) is 5.12. The zero-order valence-electron chi connectivity index (χ0n) is 18.9. The number of ether oxygens (including phenoxy) is 1. The summed E-state index contributed by atoms with van der Waals surface area (Å²) in [4.78, 5) is 29.8. The Morgan fingerprint density at radius 3 is 2.28 bits per heavy atom. The Bertz CT molecular complexity index is 1490. The average Bonchev–Trinajstić information content (AvgIpc) is 3.29. The van der Waals surface area contributed by atoms with Gasteiger partial charge in [0.15, 0.2) is 5.13 Å². The van der Waals surface area contributed by atoms with Crippen molar-refractivity contribution in [1.29, 1.82) is 0 Å². The smallest absolute Gasteiger partial charge is 0.350 e. The zero-order valence-corrected chi connectivity index (χ0v) is 20.5. The van der Waals surface area contributed by atoms with E-state index in [1.165, 1.54) is 24.3 Å². The lowest BCUT2D eigenvalue weighted by atomic mass is 10.1. The molecular weight excluding hydrogens is 505 g/mol. The van der Waals surface area contributed by atoms with Gasteiger partial charge in [-0.05, 0) is 55.5 Å².